The molecule has 180 valence electrons. The first kappa shape index (κ1) is 22.2. The van der Waals surface area contributed by atoms with Gasteiger partial charge in [0.15, 0.2) is 12.1 Å². The molecular formula is C26H24FN3O5. The highest BCUT2D eigenvalue weighted by atomic mass is 19.1. The first-order valence-corrected chi connectivity index (χ1v) is 11.6. The molecular weight excluding hydrogens is 453 g/mol. The van der Waals surface area contributed by atoms with Crippen LogP contribution in [0.2, 0.25) is 0 Å². The Bertz CT molecular complexity index is 1620. The molecule has 6 rings (SSSR count). The first-order valence-electron chi connectivity index (χ1n) is 11.6. The van der Waals surface area contributed by atoms with E-state index in [1.54, 1.807) is 23.6 Å². The van der Waals surface area contributed by atoms with Crippen molar-refractivity contribution in [2.75, 3.05) is 0 Å². The predicted octanol–water partition coefficient (Wildman–Crippen LogP) is 2.61. The Hall–Kier alpha value is -3.24. The largest absolute Gasteiger partial charge is 0.392 e. The molecule has 0 amide bonds. The molecule has 0 fully saturated rings. The molecule has 0 aliphatic carbocycles. The number of benzene rings is 1. The van der Waals surface area contributed by atoms with Crippen LogP contribution in [0.25, 0.3) is 33.2 Å². The van der Waals surface area contributed by atoms with Crippen LogP contribution in [-0.2, 0) is 36.5 Å². The topological polar surface area (TPSA) is 118 Å². The lowest BCUT2D eigenvalue weighted by molar-refractivity contribution is -0.236. The average Bonchev–Trinajstić information content (AvgIpc) is 3.23. The molecule has 0 spiro atoms. The number of halogens is 1. The van der Waals surface area contributed by atoms with E-state index in [1.807, 2.05) is 6.92 Å². The number of fused-ring (bicyclic) bond motifs is 7. The number of hydrogen-bond acceptors (Lipinski definition) is 7. The third kappa shape index (κ3) is 2.89. The van der Waals surface area contributed by atoms with E-state index < -0.39 is 17.7 Å². The quantitative estimate of drug-likeness (QED) is 0.342. The molecule has 8 nitrogen and oxygen atoms in total. The lowest BCUT2D eigenvalue weighted by atomic mass is 9.85. The maximum atomic E-state index is 15.0. The molecule has 1 unspecified atom stereocenters. The minimum atomic E-state index is -1.72. The summed E-state index contributed by atoms with van der Waals surface area (Å²) in [5.74, 6) is -0.520. The third-order valence-corrected chi connectivity index (χ3v) is 7.44. The summed E-state index contributed by atoms with van der Waals surface area (Å²) in [5, 5.41) is 32.4. The fourth-order valence-corrected chi connectivity index (χ4v) is 5.56. The van der Waals surface area contributed by atoms with Crippen LogP contribution in [0.4, 0.5) is 4.39 Å². The van der Waals surface area contributed by atoms with Gasteiger partial charge in [0, 0.05) is 39.7 Å². The van der Waals surface area contributed by atoms with E-state index in [0.29, 0.717) is 45.4 Å². The number of aliphatic hydroxyl groups excluding tert-OH is 2. The first-order chi connectivity index (χ1) is 16.8. The van der Waals surface area contributed by atoms with Crippen molar-refractivity contribution in [2.45, 2.75) is 58.3 Å². The van der Waals surface area contributed by atoms with Gasteiger partial charge < -0.3 is 24.6 Å². The Morgan fingerprint density at radius 1 is 1.26 bits per heavy atom. The smallest absolute Gasteiger partial charge is 0.257 e. The van der Waals surface area contributed by atoms with Crippen LogP contribution >= 0.6 is 0 Å². The lowest BCUT2D eigenvalue weighted by Gasteiger charge is -2.37. The third-order valence-electron chi connectivity index (χ3n) is 7.44. The minimum Gasteiger partial charge on any atom is -0.392 e. The van der Waals surface area contributed by atoms with Gasteiger partial charge in [-0.05, 0) is 36.1 Å². The summed E-state index contributed by atoms with van der Waals surface area (Å²) in [4.78, 5) is 22.5. The van der Waals surface area contributed by atoms with Crippen molar-refractivity contribution in [2.24, 2.45) is 0 Å². The Morgan fingerprint density at radius 2 is 2.06 bits per heavy atom. The number of aliphatic hydroxyl groups is 3. The van der Waals surface area contributed by atoms with E-state index in [4.69, 9.17) is 9.72 Å². The van der Waals surface area contributed by atoms with Gasteiger partial charge in [-0.25, -0.2) is 9.37 Å². The summed E-state index contributed by atoms with van der Waals surface area (Å²) in [6.45, 7) is 3.66. The molecule has 0 saturated heterocycles. The number of pyridine rings is 3. The number of aromatic nitrogens is 3. The van der Waals surface area contributed by atoms with Gasteiger partial charge in [0.1, 0.15) is 11.1 Å². The van der Waals surface area contributed by atoms with Crippen molar-refractivity contribution in [1.29, 1.82) is 0 Å². The van der Waals surface area contributed by atoms with Gasteiger partial charge >= 0.3 is 0 Å². The van der Waals surface area contributed by atoms with Gasteiger partial charge in [-0.1, -0.05) is 13.8 Å². The van der Waals surface area contributed by atoms with Crippen LogP contribution in [0.5, 0.6) is 0 Å². The zero-order valence-corrected chi connectivity index (χ0v) is 19.3. The zero-order valence-electron chi connectivity index (χ0n) is 19.3. The maximum absolute atomic E-state index is 15.0. The fraction of sp³-hybridized carbons (Fsp3) is 0.346. The predicted molar refractivity (Wildman–Crippen MR) is 126 cm³/mol. The molecule has 0 saturated carbocycles. The molecule has 2 aliphatic rings. The molecule has 0 bridgehead atoms. The maximum Gasteiger partial charge on any atom is 0.257 e. The number of nitrogens with zero attached hydrogens (tertiary/aromatic N) is 3. The van der Waals surface area contributed by atoms with Crippen LogP contribution < -0.4 is 5.56 Å². The molecule has 1 aromatic carbocycles. The van der Waals surface area contributed by atoms with Gasteiger partial charge in [-0.2, -0.15) is 0 Å². The summed E-state index contributed by atoms with van der Waals surface area (Å²) in [7, 11) is 0. The van der Waals surface area contributed by atoms with Crippen LogP contribution in [0.15, 0.2) is 29.2 Å². The van der Waals surface area contributed by atoms with Crippen LogP contribution in [0, 0.1) is 5.82 Å². The van der Waals surface area contributed by atoms with Crippen molar-refractivity contribution < 1.29 is 24.4 Å². The highest BCUT2D eigenvalue weighted by Crippen LogP contribution is 2.42. The molecule has 0 radical (unpaired) electrons. The number of aryl methyl sites for hydroxylation is 1. The standard InChI is InChI=1S/C26H24FN3O5/c1-3-13-15-9-30-20(6-17-16(24(30)32)11-35-25(33)26(17,34)4-2)23(15)29-19-7-18(27)22-14(21(13)19)5-12(10-31)8-28-22/h5-8,25,31,33-34H,3-4,9-11H2,1-2H3/t25?,26-/m0/s1. The highest BCUT2D eigenvalue weighted by molar-refractivity contribution is 6.08. The Kier molecular flexibility index (Phi) is 4.85. The SMILES string of the molecule is CCc1c2c(nc3cc(F)c4ncc(CO)cc4c13)-c1cc3c(c(=O)n1C2)COC(O)[C@]3(O)CC. The summed E-state index contributed by atoms with van der Waals surface area (Å²) in [6, 6.07) is 4.79. The molecule has 35 heavy (non-hydrogen) atoms. The molecule has 5 heterocycles. The van der Waals surface area contributed by atoms with E-state index >= 15 is 4.39 Å². The number of hydrogen-bond donors (Lipinski definition) is 3. The average molecular weight is 477 g/mol. The normalized spacial score (nSPS) is 20.8. The Morgan fingerprint density at radius 3 is 2.77 bits per heavy atom. The van der Waals surface area contributed by atoms with Crippen molar-refractivity contribution in [1.82, 2.24) is 14.5 Å². The highest BCUT2D eigenvalue weighted by Gasteiger charge is 2.44. The van der Waals surface area contributed by atoms with Crippen LogP contribution in [0.3, 0.4) is 0 Å². The molecule has 3 N–H and O–H groups in total. The summed E-state index contributed by atoms with van der Waals surface area (Å²) >= 11 is 0. The van der Waals surface area contributed by atoms with E-state index in [1.165, 1.54) is 12.3 Å². The Labute approximate surface area is 199 Å². The molecule has 4 aromatic rings. The number of rotatable bonds is 3. The van der Waals surface area contributed by atoms with Gasteiger partial charge in [0.05, 0.1) is 36.7 Å². The van der Waals surface area contributed by atoms with Crippen molar-refractivity contribution >= 4 is 21.8 Å². The molecule has 3 aromatic heterocycles. The van der Waals surface area contributed by atoms with Crippen LogP contribution in [0.1, 0.15) is 48.1 Å². The van der Waals surface area contributed by atoms with Gasteiger partial charge in [-0.3, -0.25) is 9.78 Å². The summed E-state index contributed by atoms with van der Waals surface area (Å²) < 4.78 is 21.9. The lowest BCUT2D eigenvalue weighted by Crippen LogP contribution is -2.47. The van der Waals surface area contributed by atoms with E-state index in [-0.39, 0.29) is 37.3 Å². The zero-order chi connectivity index (χ0) is 24.6. The number of ether oxygens (including phenoxy) is 1. The Balaban J connectivity index is 1.69. The van der Waals surface area contributed by atoms with Gasteiger partial charge in [0.2, 0.25) is 0 Å². The van der Waals surface area contributed by atoms with Crippen molar-refractivity contribution in [3.05, 3.63) is 68.4 Å². The van der Waals surface area contributed by atoms with Crippen LogP contribution in [-0.4, -0.2) is 36.1 Å². The fourth-order valence-electron chi connectivity index (χ4n) is 5.56. The molecule has 2 aliphatic heterocycles. The van der Waals surface area contributed by atoms with E-state index in [0.717, 1.165) is 16.5 Å². The molecule has 9 heteroatoms. The van der Waals surface area contributed by atoms with E-state index in [9.17, 15) is 20.1 Å². The van der Waals surface area contributed by atoms with Gasteiger partial charge in [-0.15, -0.1) is 0 Å². The van der Waals surface area contributed by atoms with Gasteiger partial charge in [0.25, 0.3) is 5.56 Å². The minimum absolute atomic E-state index is 0.101. The molecule has 2 atom stereocenters. The summed E-state index contributed by atoms with van der Waals surface area (Å²) in [6.07, 6.45) is 0.760. The second kappa shape index (κ2) is 7.63. The van der Waals surface area contributed by atoms with Crippen molar-refractivity contribution in [3.8, 4) is 11.4 Å². The van der Waals surface area contributed by atoms with Crippen molar-refractivity contribution in [3.63, 3.8) is 0 Å². The second-order valence-electron chi connectivity index (χ2n) is 9.18. The monoisotopic (exact) mass is 477 g/mol. The van der Waals surface area contributed by atoms with E-state index in [2.05, 4.69) is 4.98 Å². The summed E-state index contributed by atoms with van der Waals surface area (Å²) in [5.41, 5.74) is 2.67. The second-order valence-corrected chi connectivity index (χ2v) is 9.18.